The molecule has 0 aromatic heterocycles. The Kier molecular flexibility index (Phi) is 3.17. The molecule has 1 N–H and O–H groups in total. The summed E-state index contributed by atoms with van der Waals surface area (Å²) in [5.74, 6) is -1.92. The van der Waals surface area contributed by atoms with Crippen molar-refractivity contribution in [3.05, 3.63) is 33.8 Å². The van der Waals surface area contributed by atoms with Crippen LogP contribution in [-0.2, 0) is 4.79 Å². The molecule has 3 atom stereocenters. The zero-order valence-corrected chi connectivity index (χ0v) is 11.6. The maximum absolute atomic E-state index is 11.0. The number of rotatable bonds is 2. The van der Waals surface area contributed by atoms with E-state index in [1.165, 1.54) is 0 Å². The minimum atomic E-state index is -0.938. The second-order valence-electron chi connectivity index (χ2n) is 3.67. The first-order chi connectivity index (χ1) is 7.34. The van der Waals surface area contributed by atoms with Gasteiger partial charge in [0.25, 0.3) is 0 Å². The molecule has 0 saturated heterocycles. The largest absolute Gasteiger partial charge is 0.481 e. The molecule has 16 heavy (non-hydrogen) atoms. The van der Waals surface area contributed by atoms with Crippen molar-refractivity contribution in [1.29, 1.82) is 0 Å². The molecule has 2 rings (SSSR count). The maximum atomic E-state index is 11.0. The fourth-order valence-electron chi connectivity index (χ4n) is 1.80. The van der Waals surface area contributed by atoms with Crippen LogP contribution in [-0.4, -0.2) is 14.9 Å². The number of carboxylic acid groups (broad SMARTS) is 1. The first-order valence-corrected chi connectivity index (χ1v) is 6.33. The monoisotopic (exact) mass is 342 g/mol. The summed E-state index contributed by atoms with van der Waals surface area (Å²) in [6.45, 7) is 0. The normalized spacial score (nSPS) is 32.5. The molecule has 1 unspecified atom stereocenters. The van der Waals surface area contributed by atoms with E-state index in [-0.39, 0.29) is 5.92 Å². The molecule has 6 heteroatoms. The molecule has 0 bridgehead atoms. The molecule has 2 nitrogen and oxygen atoms in total. The Labute approximate surface area is 116 Å². The van der Waals surface area contributed by atoms with Crippen LogP contribution in [0.25, 0.3) is 0 Å². The summed E-state index contributed by atoms with van der Waals surface area (Å²) in [6.07, 6.45) is 0. The molecule has 1 aromatic carbocycles. The molecule has 0 aliphatic heterocycles. The average molecular weight is 344 g/mol. The number of hydrogen-bond acceptors (Lipinski definition) is 1. The number of hydrogen-bond donors (Lipinski definition) is 1. The van der Waals surface area contributed by atoms with Crippen molar-refractivity contribution in [3.63, 3.8) is 0 Å². The highest BCUT2D eigenvalue weighted by atomic mass is 79.9. The van der Waals surface area contributed by atoms with Crippen molar-refractivity contribution in [3.8, 4) is 0 Å². The van der Waals surface area contributed by atoms with Crippen LogP contribution in [0.5, 0.6) is 0 Å². The third kappa shape index (κ3) is 2.06. The van der Waals surface area contributed by atoms with Crippen molar-refractivity contribution < 1.29 is 9.90 Å². The first kappa shape index (κ1) is 12.5. The van der Waals surface area contributed by atoms with Gasteiger partial charge in [-0.05, 0) is 23.8 Å². The molecule has 1 aliphatic carbocycles. The fraction of sp³-hybridized carbons (Fsp3) is 0.300. The van der Waals surface area contributed by atoms with Gasteiger partial charge in [-0.15, -0.1) is 11.6 Å². The van der Waals surface area contributed by atoms with Crippen LogP contribution in [0.15, 0.2) is 18.2 Å². The average Bonchev–Trinajstić information content (AvgIpc) is 2.67. The number of carbonyl (C=O) groups is 1. The van der Waals surface area contributed by atoms with Crippen LogP contribution in [0, 0.1) is 5.92 Å². The van der Waals surface area contributed by atoms with E-state index in [2.05, 4.69) is 15.9 Å². The minimum Gasteiger partial charge on any atom is -0.481 e. The van der Waals surface area contributed by atoms with E-state index in [1.54, 1.807) is 18.2 Å². The van der Waals surface area contributed by atoms with Gasteiger partial charge in [0.05, 0.1) is 5.92 Å². The summed E-state index contributed by atoms with van der Waals surface area (Å²) in [7, 11) is 0. The predicted octanol–water partition coefficient (Wildman–Crippen LogP) is 4.12. The Hall–Kier alpha value is 0.0400. The van der Waals surface area contributed by atoms with Gasteiger partial charge in [-0.1, -0.05) is 39.1 Å². The molecule has 1 aliphatic rings. The standard InChI is InChI=1S/C10H6BrCl3O2/c11-10(14)7(8(10)9(15)16)4-1-5(12)3-6(13)2-4/h1-3,7-8H,(H,15,16)/t7-,8+,10?/m0/s1. The molecule has 1 saturated carbocycles. The molecular weight excluding hydrogens is 338 g/mol. The van der Waals surface area contributed by atoms with Gasteiger partial charge in [0.2, 0.25) is 0 Å². The van der Waals surface area contributed by atoms with Crippen LogP contribution in [0.3, 0.4) is 0 Å². The van der Waals surface area contributed by atoms with Crippen LogP contribution in [0.2, 0.25) is 10.0 Å². The topological polar surface area (TPSA) is 37.3 Å². The zero-order chi connectivity index (χ0) is 12.1. The fourth-order valence-corrected chi connectivity index (χ4v) is 3.61. The maximum Gasteiger partial charge on any atom is 0.309 e. The third-order valence-electron chi connectivity index (χ3n) is 2.56. The number of carboxylic acids is 1. The Morgan fingerprint density at radius 3 is 2.19 bits per heavy atom. The van der Waals surface area contributed by atoms with Crippen molar-refractivity contribution in [2.24, 2.45) is 5.92 Å². The highest BCUT2D eigenvalue weighted by Gasteiger charge is 2.67. The summed E-state index contributed by atoms with van der Waals surface area (Å²) in [5, 5.41) is 9.92. The van der Waals surface area contributed by atoms with Gasteiger partial charge >= 0.3 is 5.97 Å². The number of aliphatic carboxylic acids is 1. The highest BCUT2D eigenvalue weighted by molar-refractivity contribution is 9.10. The van der Waals surface area contributed by atoms with Gasteiger partial charge in [-0.25, -0.2) is 0 Å². The van der Waals surface area contributed by atoms with Gasteiger partial charge in [-0.2, -0.15) is 0 Å². The summed E-state index contributed by atoms with van der Waals surface area (Å²) < 4.78 is -0.938. The van der Waals surface area contributed by atoms with Gasteiger partial charge in [0.1, 0.15) is 3.78 Å². The smallest absolute Gasteiger partial charge is 0.309 e. The van der Waals surface area contributed by atoms with Crippen molar-refractivity contribution in [2.45, 2.75) is 9.70 Å². The third-order valence-corrected chi connectivity index (χ3v) is 4.46. The quantitative estimate of drug-likeness (QED) is 0.820. The number of halogens is 4. The second-order valence-corrected chi connectivity index (χ2v) is 6.94. The molecule has 86 valence electrons. The minimum absolute atomic E-state index is 0.317. The molecule has 0 radical (unpaired) electrons. The second kappa shape index (κ2) is 4.05. The first-order valence-electron chi connectivity index (χ1n) is 4.40. The highest BCUT2D eigenvalue weighted by Crippen LogP contribution is 2.66. The van der Waals surface area contributed by atoms with E-state index >= 15 is 0 Å². The SMILES string of the molecule is O=C(O)[C@H]1[C@H](c2cc(Cl)cc(Cl)c2)C1(Cl)Br. The lowest BCUT2D eigenvalue weighted by atomic mass is 10.1. The van der Waals surface area contributed by atoms with E-state index in [1.807, 2.05) is 0 Å². The lowest BCUT2D eigenvalue weighted by Gasteiger charge is -2.02. The Morgan fingerprint density at radius 2 is 1.81 bits per heavy atom. The van der Waals surface area contributed by atoms with Gasteiger partial charge in [0.15, 0.2) is 0 Å². The summed E-state index contributed by atoms with van der Waals surface area (Å²) >= 11 is 21.0. The van der Waals surface area contributed by atoms with E-state index in [0.29, 0.717) is 10.0 Å². The Morgan fingerprint density at radius 1 is 1.31 bits per heavy atom. The van der Waals surface area contributed by atoms with E-state index in [4.69, 9.17) is 39.9 Å². The number of benzene rings is 1. The Balaban J connectivity index is 2.37. The van der Waals surface area contributed by atoms with Crippen LogP contribution >= 0.6 is 50.7 Å². The van der Waals surface area contributed by atoms with E-state index in [0.717, 1.165) is 5.56 Å². The summed E-state index contributed by atoms with van der Waals surface area (Å²) in [4.78, 5) is 11.0. The van der Waals surface area contributed by atoms with Crippen LogP contribution in [0.4, 0.5) is 0 Å². The molecule has 0 heterocycles. The van der Waals surface area contributed by atoms with Crippen molar-refractivity contribution >= 4 is 56.7 Å². The van der Waals surface area contributed by atoms with E-state index < -0.39 is 15.7 Å². The lowest BCUT2D eigenvalue weighted by Crippen LogP contribution is -2.03. The molecule has 1 aromatic rings. The molecule has 0 amide bonds. The van der Waals surface area contributed by atoms with Gasteiger partial charge in [-0.3, -0.25) is 4.79 Å². The van der Waals surface area contributed by atoms with E-state index in [9.17, 15) is 4.79 Å². The predicted molar refractivity (Wildman–Crippen MR) is 67.8 cm³/mol. The molecular formula is C10H6BrCl3O2. The van der Waals surface area contributed by atoms with Gasteiger partial charge in [0, 0.05) is 16.0 Å². The summed E-state index contributed by atoms with van der Waals surface area (Å²) in [5.41, 5.74) is 0.733. The van der Waals surface area contributed by atoms with Crippen molar-refractivity contribution in [1.82, 2.24) is 0 Å². The van der Waals surface area contributed by atoms with Gasteiger partial charge < -0.3 is 5.11 Å². The summed E-state index contributed by atoms with van der Waals surface area (Å²) in [6, 6.07) is 4.95. The Bertz CT molecular complexity index is 441. The lowest BCUT2D eigenvalue weighted by molar-refractivity contribution is -0.138. The molecule has 0 spiro atoms. The molecule has 1 fully saturated rings. The van der Waals surface area contributed by atoms with Crippen LogP contribution in [0.1, 0.15) is 11.5 Å². The number of alkyl halides is 2. The van der Waals surface area contributed by atoms with Crippen LogP contribution < -0.4 is 0 Å². The zero-order valence-electron chi connectivity index (χ0n) is 7.75. The van der Waals surface area contributed by atoms with Crippen molar-refractivity contribution in [2.75, 3.05) is 0 Å².